The molecule has 6 nitrogen and oxygen atoms in total. The van der Waals surface area contributed by atoms with Gasteiger partial charge in [0.2, 0.25) is 5.91 Å². The molecule has 5 rings (SSSR count). The van der Waals surface area contributed by atoms with Crippen molar-refractivity contribution in [2.45, 2.75) is 32.1 Å². The molecule has 166 valence electrons. The number of hydrogen-bond acceptors (Lipinski definition) is 5. The lowest BCUT2D eigenvalue weighted by Crippen LogP contribution is -2.52. The van der Waals surface area contributed by atoms with Crippen LogP contribution in [-0.4, -0.2) is 11.7 Å². The molecule has 0 aromatic heterocycles. The summed E-state index contributed by atoms with van der Waals surface area (Å²) in [6, 6.07) is 14.6. The first kappa shape index (κ1) is 21.7. The maximum Gasteiger partial charge on any atom is 0.245 e. The Morgan fingerprint density at radius 2 is 1.94 bits per heavy atom. The Morgan fingerprint density at radius 3 is 2.64 bits per heavy atom. The molecule has 2 heterocycles. The van der Waals surface area contributed by atoms with E-state index in [2.05, 4.69) is 27.3 Å². The first-order valence-corrected chi connectivity index (χ1v) is 11.6. The third-order valence-corrected chi connectivity index (χ3v) is 7.25. The first-order chi connectivity index (χ1) is 15.6. The van der Waals surface area contributed by atoms with E-state index in [1.165, 1.54) is 0 Å². The number of fused-ring (bicyclic) bond motifs is 3. The highest BCUT2D eigenvalue weighted by atomic mass is 79.9. The molecule has 1 aliphatic carbocycles. The first-order valence-electron chi connectivity index (χ1n) is 10.4. The van der Waals surface area contributed by atoms with Crippen molar-refractivity contribution in [3.63, 3.8) is 0 Å². The molecule has 1 unspecified atom stereocenters. The quantitative estimate of drug-likeness (QED) is 0.539. The van der Waals surface area contributed by atoms with Gasteiger partial charge >= 0.3 is 0 Å². The van der Waals surface area contributed by atoms with Gasteiger partial charge in [0.05, 0.1) is 5.57 Å². The number of amides is 1. The number of nitrogens with two attached hydrogens (primary N) is 1. The molecular formula is C25H20BrClN4O2. The zero-order valence-corrected chi connectivity index (χ0v) is 20.3. The number of hydrogen-bond donors (Lipinski definition) is 2. The van der Waals surface area contributed by atoms with Crippen LogP contribution in [0.15, 0.2) is 69.6 Å². The van der Waals surface area contributed by atoms with Gasteiger partial charge in [0.1, 0.15) is 17.3 Å². The van der Waals surface area contributed by atoms with E-state index in [0.29, 0.717) is 39.7 Å². The topological polar surface area (TPSA) is 99.2 Å². The van der Waals surface area contributed by atoms with Crippen molar-refractivity contribution in [2.75, 3.05) is 10.2 Å². The monoisotopic (exact) mass is 522 g/mol. The van der Waals surface area contributed by atoms with Gasteiger partial charge in [-0.25, -0.2) is 0 Å². The number of carbonyl (C=O) groups excluding carboxylic acids is 2. The summed E-state index contributed by atoms with van der Waals surface area (Å²) in [7, 11) is 0. The highest BCUT2D eigenvalue weighted by Gasteiger charge is 2.61. The molecule has 3 aliphatic rings. The predicted molar refractivity (Wildman–Crippen MR) is 130 cm³/mol. The van der Waals surface area contributed by atoms with Gasteiger partial charge in [0.15, 0.2) is 5.78 Å². The van der Waals surface area contributed by atoms with Crippen LogP contribution in [0.1, 0.15) is 32.3 Å². The molecule has 0 saturated heterocycles. The Kier molecular flexibility index (Phi) is 4.75. The number of Topliss-reactive ketones (excluding diaryl/α,β-unsaturated/α-hetero) is 1. The third kappa shape index (κ3) is 2.98. The van der Waals surface area contributed by atoms with Crippen LogP contribution in [0.25, 0.3) is 0 Å². The molecule has 1 amide bonds. The van der Waals surface area contributed by atoms with Crippen molar-refractivity contribution < 1.29 is 9.59 Å². The molecular weight excluding hydrogens is 504 g/mol. The Balaban J connectivity index is 1.92. The maximum absolute atomic E-state index is 13.8. The summed E-state index contributed by atoms with van der Waals surface area (Å²) < 4.78 is 0.825. The maximum atomic E-state index is 13.8. The number of nitrogens with one attached hydrogen (secondary N) is 1. The van der Waals surface area contributed by atoms with Gasteiger partial charge in [0, 0.05) is 44.1 Å². The molecule has 0 bridgehead atoms. The zero-order valence-electron chi connectivity index (χ0n) is 18.0. The van der Waals surface area contributed by atoms with E-state index in [0.717, 1.165) is 4.47 Å². The minimum absolute atomic E-state index is 0.0211. The van der Waals surface area contributed by atoms with Crippen molar-refractivity contribution in [3.8, 4) is 6.07 Å². The van der Waals surface area contributed by atoms with Crippen LogP contribution in [0.5, 0.6) is 0 Å². The number of anilines is 2. The number of halogens is 2. The second kappa shape index (κ2) is 7.21. The summed E-state index contributed by atoms with van der Waals surface area (Å²) in [5.41, 5.74) is 7.35. The minimum atomic E-state index is -1.63. The Bertz CT molecular complexity index is 1370. The van der Waals surface area contributed by atoms with Crippen molar-refractivity contribution in [2.24, 2.45) is 11.1 Å². The van der Waals surface area contributed by atoms with Crippen molar-refractivity contribution in [3.05, 3.63) is 80.2 Å². The summed E-state index contributed by atoms with van der Waals surface area (Å²) in [6.45, 7) is 4.03. The summed E-state index contributed by atoms with van der Waals surface area (Å²) in [6.07, 6.45) is 0.757. The van der Waals surface area contributed by atoms with E-state index >= 15 is 0 Å². The second-order valence-electron chi connectivity index (χ2n) is 9.34. The Morgan fingerprint density at radius 1 is 1.18 bits per heavy atom. The molecule has 2 aliphatic heterocycles. The van der Waals surface area contributed by atoms with Crippen molar-refractivity contribution in [1.82, 2.24) is 0 Å². The molecule has 2 aromatic carbocycles. The molecule has 2 aromatic rings. The van der Waals surface area contributed by atoms with Gasteiger partial charge in [-0.2, -0.15) is 5.26 Å². The normalized spacial score (nSPS) is 23.4. The van der Waals surface area contributed by atoms with E-state index in [1.807, 2.05) is 38.1 Å². The molecule has 0 saturated carbocycles. The Labute approximate surface area is 204 Å². The number of rotatable bonds is 1. The van der Waals surface area contributed by atoms with Crippen molar-refractivity contribution in [1.29, 1.82) is 5.26 Å². The largest absolute Gasteiger partial charge is 0.384 e. The average molecular weight is 524 g/mol. The van der Waals surface area contributed by atoms with Gasteiger partial charge < -0.3 is 11.1 Å². The van der Waals surface area contributed by atoms with Crippen LogP contribution in [0.3, 0.4) is 0 Å². The van der Waals surface area contributed by atoms with Crippen LogP contribution in [0, 0.1) is 16.7 Å². The van der Waals surface area contributed by atoms with Crippen molar-refractivity contribution >= 4 is 50.6 Å². The van der Waals surface area contributed by atoms with E-state index < -0.39 is 11.3 Å². The van der Waals surface area contributed by atoms with Crippen LogP contribution in [0.2, 0.25) is 5.02 Å². The third-order valence-electron chi connectivity index (χ3n) is 6.52. The zero-order chi connectivity index (χ0) is 23.7. The SMILES string of the molecule is CC1(C)CC(=O)C2=C(C1)N(c1cccc(Br)c1)C(N)=C(C#N)C21C(=O)Nc2ccc(Cl)cc21. The summed E-state index contributed by atoms with van der Waals surface area (Å²) in [5.74, 6) is -0.513. The lowest BCUT2D eigenvalue weighted by molar-refractivity contribution is -0.123. The molecule has 3 N–H and O–H groups in total. The van der Waals surface area contributed by atoms with E-state index in [9.17, 15) is 14.9 Å². The van der Waals surface area contributed by atoms with Gasteiger partial charge in [-0.1, -0.05) is 47.4 Å². The number of nitriles is 1. The number of nitrogens with zero attached hydrogens (tertiary/aromatic N) is 2. The Hall–Kier alpha value is -3.08. The fourth-order valence-electron chi connectivity index (χ4n) is 5.30. The number of benzene rings is 2. The number of ketones is 1. The van der Waals surface area contributed by atoms with Gasteiger partial charge in [-0.3, -0.25) is 14.5 Å². The number of allylic oxidation sites excluding steroid dienone is 1. The smallest absolute Gasteiger partial charge is 0.245 e. The molecule has 1 atom stereocenters. The fourth-order valence-corrected chi connectivity index (χ4v) is 5.86. The lowest BCUT2D eigenvalue weighted by Gasteiger charge is -2.46. The fraction of sp³-hybridized carbons (Fsp3) is 0.240. The van der Waals surface area contributed by atoms with Gasteiger partial charge in [-0.15, -0.1) is 0 Å². The van der Waals surface area contributed by atoms with Gasteiger partial charge in [0.25, 0.3) is 0 Å². The molecule has 0 radical (unpaired) electrons. The van der Waals surface area contributed by atoms with E-state index in [4.69, 9.17) is 17.3 Å². The summed E-state index contributed by atoms with van der Waals surface area (Å²) in [4.78, 5) is 29.2. The standard InChI is InChI=1S/C25H20BrClN4O2/c1-24(2)10-19-21(20(32)11-24)25(16-9-14(27)6-7-18(16)30-23(25)33)17(12-28)22(29)31(19)15-5-3-4-13(26)8-15/h3-9H,10-11,29H2,1-2H3,(H,30,33). The van der Waals surface area contributed by atoms with Crippen LogP contribution in [-0.2, 0) is 15.0 Å². The summed E-state index contributed by atoms with van der Waals surface area (Å²) >= 11 is 9.81. The van der Waals surface area contributed by atoms with Crippen LogP contribution in [0.4, 0.5) is 11.4 Å². The molecule has 33 heavy (non-hydrogen) atoms. The van der Waals surface area contributed by atoms with Crippen LogP contribution < -0.4 is 16.0 Å². The van der Waals surface area contributed by atoms with Crippen LogP contribution >= 0.6 is 27.5 Å². The molecule has 1 spiro atoms. The average Bonchev–Trinajstić information content (AvgIpc) is 2.99. The minimum Gasteiger partial charge on any atom is -0.384 e. The highest BCUT2D eigenvalue weighted by molar-refractivity contribution is 9.10. The second-order valence-corrected chi connectivity index (χ2v) is 10.7. The highest BCUT2D eigenvalue weighted by Crippen LogP contribution is 2.57. The predicted octanol–water partition coefficient (Wildman–Crippen LogP) is 5.15. The van der Waals surface area contributed by atoms with Gasteiger partial charge in [-0.05, 0) is 48.2 Å². The molecule has 8 heteroatoms. The molecule has 0 fully saturated rings. The number of carbonyl (C=O) groups is 2. The van der Waals surface area contributed by atoms with E-state index in [1.54, 1.807) is 23.1 Å². The van der Waals surface area contributed by atoms with E-state index in [-0.39, 0.29) is 29.0 Å². The lowest BCUT2D eigenvalue weighted by atomic mass is 9.61. The summed E-state index contributed by atoms with van der Waals surface area (Å²) in [5, 5.41) is 13.6.